The van der Waals surface area contributed by atoms with Crippen LogP contribution >= 0.6 is 0 Å². The van der Waals surface area contributed by atoms with Gasteiger partial charge in [0.25, 0.3) is 0 Å². The van der Waals surface area contributed by atoms with E-state index >= 15 is 0 Å². The first-order valence-corrected chi connectivity index (χ1v) is 39.4. The van der Waals surface area contributed by atoms with Gasteiger partial charge >= 0.3 is 0 Å². The Labute approximate surface area is 658 Å². The second-order valence-electron chi connectivity index (χ2n) is 30.9. The smallest absolute Gasteiger partial charge is 0.143 e. The summed E-state index contributed by atoms with van der Waals surface area (Å²) in [5.41, 5.74) is 35.7. The Morgan fingerprint density at radius 3 is 1.10 bits per heavy atom. The maximum absolute atomic E-state index is 7.19. The van der Waals surface area contributed by atoms with Crippen molar-refractivity contribution in [3.63, 3.8) is 0 Å². The highest BCUT2D eigenvalue weighted by Crippen LogP contribution is 2.60. The van der Waals surface area contributed by atoms with Gasteiger partial charge in [0.05, 0.1) is 32.9 Å². The fourth-order valence-electron chi connectivity index (χ4n) is 20.0. The van der Waals surface area contributed by atoms with Gasteiger partial charge in [0, 0.05) is 60.0 Å². The molecule has 0 atom stereocenters. The van der Waals surface area contributed by atoms with Crippen molar-refractivity contribution in [2.45, 2.75) is 10.8 Å². The SMILES string of the molecule is c1ccc(-c2ccc(-n3c4ccc(-c5ccc6c(c5)oc5cc7c(cc56)-c5ccccc5C7(c5ccccc5)c5ccccc5)cc4c4ccc(-c5ccc(-c6ccc(-n7c8ccccc8c8cc(-c9cccc%10c9oc9cc%11c(cc9%10)-c9ccccc9C%11(c9ccccc9)c9ccccc9)ccc87)cc6)cc5)cc43)cc2)cc1. The van der Waals surface area contributed by atoms with Gasteiger partial charge in [-0.1, -0.05) is 315 Å². The molecule has 18 aromatic carbocycles. The minimum Gasteiger partial charge on any atom is -0.456 e. The number of nitrogens with zero attached hydrogens (tertiary/aromatic N) is 2. The lowest BCUT2D eigenvalue weighted by molar-refractivity contribution is 0.666. The standard InChI is InChI=1S/C110H68N2O2/c1-6-23-69(24-7-1)71-45-55-83(56-46-71)112-103-59-51-74(76-50-58-89-95-65-91-85-33-16-19-38-97(85)109(78-25-8-2-9-26-78,79-27-10-3-11-28-79)99(91)67-106(95)113-105(89)64-76)61-93(103)88-57-49-75(63-104(88)112)73-43-41-70(42-44-73)72-47-53-82(54-48-72)111-101-40-21-18-35-87(101)94-62-77(52-60-102(94)111)84-36-22-37-90-96-66-92-86-34-17-20-39-98(86)110(80-29-12-4-13-30-80,81-31-14-5-15-32-81)100(92)68-107(96)114-108(84)90/h1-68H. The molecule has 4 heteroatoms. The Kier molecular flexibility index (Phi) is 13.9. The summed E-state index contributed by atoms with van der Waals surface area (Å²) in [6, 6.07) is 152. The van der Waals surface area contributed by atoms with Crippen LogP contribution in [0.15, 0.2) is 421 Å². The average Bonchev–Trinajstić information content (AvgIpc) is 1.53. The summed E-state index contributed by atoms with van der Waals surface area (Å²) in [5.74, 6) is 0. The molecule has 22 aromatic rings. The molecule has 0 saturated heterocycles. The second kappa shape index (κ2) is 24.8. The van der Waals surface area contributed by atoms with Crippen LogP contribution in [0, 0.1) is 0 Å². The molecule has 4 heterocycles. The molecule has 0 unspecified atom stereocenters. The van der Waals surface area contributed by atoms with Crippen LogP contribution in [-0.4, -0.2) is 9.13 Å². The first-order valence-electron chi connectivity index (χ1n) is 39.4. The molecule has 4 nitrogen and oxygen atoms in total. The summed E-state index contributed by atoms with van der Waals surface area (Å²) in [6.07, 6.45) is 0. The number of aromatic nitrogens is 2. The van der Waals surface area contributed by atoms with E-state index in [9.17, 15) is 0 Å². The second-order valence-corrected chi connectivity index (χ2v) is 30.9. The van der Waals surface area contributed by atoms with Gasteiger partial charge in [0.15, 0.2) is 0 Å². The predicted molar refractivity (Wildman–Crippen MR) is 471 cm³/mol. The molecular weight excluding hydrogens is 1380 g/mol. The third-order valence-corrected chi connectivity index (χ3v) is 25.1. The zero-order chi connectivity index (χ0) is 74.7. The maximum atomic E-state index is 7.19. The highest BCUT2D eigenvalue weighted by Gasteiger charge is 2.48. The van der Waals surface area contributed by atoms with E-state index in [1.54, 1.807) is 0 Å². The number of hydrogen-bond acceptors (Lipinski definition) is 2. The lowest BCUT2D eigenvalue weighted by atomic mass is 9.67. The van der Waals surface area contributed by atoms with Crippen molar-refractivity contribution >= 4 is 87.5 Å². The quantitative estimate of drug-likeness (QED) is 0.129. The topological polar surface area (TPSA) is 36.1 Å². The highest BCUT2D eigenvalue weighted by atomic mass is 16.3. The van der Waals surface area contributed by atoms with Crippen LogP contribution in [0.5, 0.6) is 0 Å². The van der Waals surface area contributed by atoms with Crippen molar-refractivity contribution < 1.29 is 8.83 Å². The highest BCUT2D eigenvalue weighted by molar-refractivity contribution is 6.16. The van der Waals surface area contributed by atoms with E-state index in [1.165, 1.54) is 99.4 Å². The largest absolute Gasteiger partial charge is 0.456 e. The summed E-state index contributed by atoms with van der Waals surface area (Å²) < 4.78 is 19.1. The third kappa shape index (κ3) is 9.34. The van der Waals surface area contributed by atoms with Gasteiger partial charge in [0.2, 0.25) is 0 Å². The molecule has 0 radical (unpaired) electrons. The summed E-state index contributed by atoms with van der Waals surface area (Å²) >= 11 is 0. The van der Waals surface area contributed by atoms with Crippen molar-refractivity contribution in [3.8, 4) is 89.3 Å². The molecule has 0 N–H and O–H groups in total. The Balaban J connectivity index is 0.557. The van der Waals surface area contributed by atoms with E-state index in [-0.39, 0.29) is 0 Å². The van der Waals surface area contributed by atoms with E-state index < -0.39 is 10.8 Å². The van der Waals surface area contributed by atoms with Crippen LogP contribution in [0.1, 0.15) is 44.5 Å². The Bertz CT molecular complexity index is 7580. The number of furan rings is 2. The molecule has 530 valence electrons. The van der Waals surface area contributed by atoms with E-state index in [1.807, 2.05) is 0 Å². The Morgan fingerprint density at radius 1 is 0.175 bits per heavy atom. The molecular formula is C110H68N2O2. The average molecular weight is 1450 g/mol. The van der Waals surface area contributed by atoms with E-state index in [2.05, 4.69) is 422 Å². The minimum atomic E-state index is -0.521. The molecule has 114 heavy (non-hydrogen) atoms. The van der Waals surface area contributed by atoms with E-state index in [0.29, 0.717) is 0 Å². The first kappa shape index (κ1) is 64.0. The van der Waals surface area contributed by atoms with Crippen molar-refractivity contribution in [1.29, 1.82) is 0 Å². The normalized spacial score (nSPS) is 13.2. The fourth-order valence-corrected chi connectivity index (χ4v) is 20.0. The number of benzene rings is 18. The van der Waals surface area contributed by atoms with Gasteiger partial charge in [0.1, 0.15) is 22.3 Å². The fraction of sp³-hybridized carbons (Fsp3) is 0.0182. The summed E-state index contributed by atoms with van der Waals surface area (Å²) in [7, 11) is 0. The molecule has 0 spiro atoms. The third-order valence-electron chi connectivity index (χ3n) is 25.1. The Morgan fingerprint density at radius 2 is 0.535 bits per heavy atom. The molecule has 24 rings (SSSR count). The molecule has 2 aliphatic carbocycles. The van der Waals surface area contributed by atoms with Crippen molar-refractivity contribution in [1.82, 2.24) is 9.13 Å². The van der Waals surface area contributed by atoms with Crippen LogP contribution in [0.25, 0.3) is 177 Å². The van der Waals surface area contributed by atoms with Crippen LogP contribution in [-0.2, 0) is 10.8 Å². The number of para-hydroxylation sites is 2. The molecule has 0 aliphatic heterocycles. The van der Waals surface area contributed by atoms with Crippen molar-refractivity contribution in [2.24, 2.45) is 0 Å². The van der Waals surface area contributed by atoms with E-state index in [4.69, 9.17) is 8.83 Å². The number of fused-ring (bicyclic) bond motifs is 18. The van der Waals surface area contributed by atoms with Crippen LogP contribution in [0.3, 0.4) is 0 Å². The molecule has 0 fully saturated rings. The van der Waals surface area contributed by atoms with Gasteiger partial charge in [-0.25, -0.2) is 0 Å². The van der Waals surface area contributed by atoms with Crippen molar-refractivity contribution in [3.05, 3.63) is 457 Å². The zero-order valence-corrected chi connectivity index (χ0v) is 62.0. The van der Waals surface area contributed by atoms with Gasteiger partial charge in [-0.05, 0) is 214 Å². The minimum absolute atomic E-state index is 0.516. The monoisotopic (exact) mass is 1450 g/mol. The van der Waals surface area contributed by atoms with Gasteiger partial charge in [-0.15, -0.1) is 0 Å². The number of hydrogen-bond donors (Lipinski definition) is 0. The van der Waals surface area contributed by atoms with Crippen LogP contribution < -0.4 is 0 Å². The summed E-state index contributed by atoms with van der Waals surface area (Å²) in [5, 5.41) is 9.21. The maximum Gasteiger partial charge on any atom is 0.143 e. The van der Waals surface area contributed by atoms with Crippen molar-refractivity contribution in [2.75, 3.05) is 0 Å². The molecule has 0 saturated carbocycles. The first-order chi connectivity index (χ1) is 56.5. The molecule has 4 aromatic heterocycles. The molecule has 0 amide bonds. The zero-order valence-electron chi connectivity index (χ0n) is 62.0. The van der Waals surface area contributed by atoms with Crippen LogP contribution in [0.4, 0.5) is 0 Å². The van der Waals surface area contributed by atoms with Gasteiger partial charge < -0.3 is 18.0 Å². The molecule has 2 aliphatic rings. The lowest BCUT2D eigenvalue weighted by Crippen LogP contribution is -2.28. The van der Waals surface area contributed by atoms with E-state index in [0.717, 1.165) is 122 Å². The summed E-state index contributed by atoms with van der Waals surface area (Å²) in [4.78, 5) is 0. The predicted octanol–water partition coefficient (Wildman–Crippen LogP) is 28.7. The van der Waals surface area contributed by atoms with Gasteiger partial charge in [-0.3, -0.25) is 0 Å². The van der Waals surface area contributed by atoms with Crippen LogP contribution in [0.2, 0.25) is 0 Å². The van der Waals surface area contributed by atoms with Gasteiger partial charge in [-0.2, -0.15) is 0 Å². The number of rotatable bonds is 11. The summed E-state index contributed by atoms with van der Waals surface area (Å²) in [6.45, 7) is 0. The molecule has 0 bridgehead atoms. The lowest BCUT2D eigenvalue weighted by Gasteiger charge is -2.33. The Hall–Kier alpha value is -14.8.